The first kappa shape index (κ1) is 12.4. The summed E-state index contributed by atoms with van der Waals surface area (Å²) >= 11 is 0. The predicted octanol–water partition coefficient (Wildman–Crippen LogP) is 2.69. The largest absolute Gasteiger partial charge is 0.315 e. The Balaban J connectivity index is 1.65. The van der Waals surface area contributed by atoms with Gasteiger partial charge in [0.15, 0.2) is 0 Å². The van der Waals surface area contributed by atoms with E-state index in [0.717, 1.165) is 18.0 Å². The van der Waals surface area contributed by atoms with Crippen LogP contribution >= 0.6 is 0 Å². The van der Waals surface area contributed by atoms with E-state index in [-0.39, 0.29) is 0 Å². The summed E-state index contributed by atoms with van der Waals surface area (Å²) in [6.45, 7) is 4.64. The van der Waals surface area contributed by atoms with Crippen molar-refractivity contribution in [3.8, 4) is 0 Å². The molecule has 2 heteroatoms. The Morgan fingerprint density at radius 2 is 2.00 bits per heavy atom. The highest BCUT2D eigenvalue weighted by Crippen LogP contribution is 2.31. The average Bonchev–Trinajstić information content (AvgIpc) is 2.34. The topological polar surface area (TPSA) is 24.1 Å². The monoisotopic (exact) mass is 224 g/mol. The van der Waals surface area contributed by atoms with Gasteiger partial charge in [-0.1, -0.05) is 26.2 Å². The molecule has 3 unspecified atom stereocenters. The lowest BCUT2D eigenvalue weighted by atomic mass is 9.78. The quantitative estimate of drug-likeness (QED) is 0.702. The molecule has 2 N–H and O–H groups in total. The molecule has 2 nitrogen and oxygen atoms in total. The van der Waals surface area contributed by atoms with Crippen LogP contribution in [0.3, 0.4) is 0 Å². The molecule has 1 aliphatic carbocycles. The second kappa shape index (κ2) is 6.61. The van der Waals surface area contributed by atoms with Gasteiger partial charge in [-0.3, -0.25) is 0 Å². The van der Waals surface area contributed by atoms with Gasteiger partial charge >= 0.3 is 0 Å². The Morgan fingerprint density at radius 1 is 1.12 bits per heavy atom. The molecule has 0 bridgehead atoms. The van der Waals surface area contributed by atoms with Crippen LogP contribution in [0.5, 0.6) is 0 Å². The molecule has 0 radical (unpaired) electrons. The third kappa shape index (κ3) is 3.46. The molecule has 16 heavy (non-hydrogen) atoms. The zero-order valence-corrected chi connectivity index (χ0v) is 10.8. The number of fused-ring (bicyclic) bond motifs is 1. The van der Waals surface area contributed by atoms with Crippen LogP contribution in [0.4, 0.5) is 0 Å². The number of unbranched alkanes of at least 4 members (excludes halogenated alkanes) is 1. The van der Waals surface area contributed by atoms with Gasteiger partial charge < -0.3 is 10.6 Å². The summed E-state index contributed by atoms with van der Waals surface area (Å²) in [5, 5.41) is 7.46. The van der Waals surface area contributed by atoms with Crippen molar-refractivity contribution in [1.82, 2.24) is 10.6 Å². The van der Waals surface area contributed by atoms with Gasteiger partial charge in [0.05, 0.1) is 0 Å². The second-order valence-electron chi connectivity index (χ2n) is 5.65. The Morgan fingerprint density at radius 3 is 2.88 bits per heavy atom. The van der Waals surface area contributed by atoms with E-state index >= 15 is 0 Å². The van der Waals surface area contributed by atoms with Crippen molar-refractivity contribution in [3.05, 3.63) is 0 Å². The van der Waals surface area contributed by atoms with Crippen molar-refractivity contribution >= 4 is 0 Å². The average molecular weight is 224 g/mol. The first-order chi connectivity index (χ1) is 7.90. The van der Waals surface area contributed by atoms with E-state index in [9.17, 15) is 0 Å². The number of rotatable bonds is 5. The maximum atomic E-state index is 3.87. The lowest BCUT2D eigenvalue weighted by molar-refractivity contribution is 0.174. The minimum Gasteiger partial charge on any atom is -0.315 e. The third-order valence-corrected chi connectivity index (χ3v) is 4.34. The first-order valence-corrected chi connectivity index (χ1v) is 7.37. The van der Waals surface area contributed by atoms with Crippen molar-refractivity contribution in [2.45, 2.75) is 70.4 Å². The molecule has 1 aliphatic heterocycles. The van der Waals surface area contributed by atoms with Gasteiger partial charge in [0.25, 0.3) is 0 Å². The zero-order chi connectivity index (χ0) is 11.2. The molecule has 0 amide bonds. The molecule has 2 fully saturated rings. The maximum Gasteiger partial charge on any atom is 0.0195 e. The summed E-state index contributed by atoms with van der Waals surface area (Å²) < 4.78 is 0. The van der Waals surface area contributed by atoms with E-state index in [1.165, 1.54) is 64.5 Å². The summed E-state index contributed by atoms with van der Waals surface area (Å²) in [6, 6.07) is 1.59. The summed E-state index contributed by atoms with van der Waals surface area (Å²) in [5.41, 5.74) is 0. The second-order valence-corrected chi connectivity index (χ2v) is 5.65. The van der Waals surface area contributed by atoms with Crippen molar-refractivity contribution in [3.63, 3.8) is 0 Å². The first-order valence-electron chi connectivity index (χ1n) is 7.37. The lowest BCUT2D eigenvalue weighted by Gasteiger charge is -2.40. The fourth-order valence-corrected chi connectivity index (χ4v) is 3.31. The van der Waals surface area contributed by atoms with Gasteiger partial charge in [-0.15, -0.1) is 0 Å². The number of hydrogen-bond acceptors (Lipinski definition) is 2. The van der Waals surface area contributed by atoms with Crippen molar-refractivity contribution in [1.29, 1.82) is 0 Å². The van der Waals surface area contributed by atoms with Gasteiger partial charge in [0.2, 0.25) is 0 Å². The van der Waals surface area contributed by atoms with Crippen LogP contribution in [0.2, 0.25) is 0 Å². The van der Waals surface area contributed by atoms with Gasteiger partial charge in [0, 0.05) is 18.6 Å². The van der Waals surface area contributed by atoms with Crippen LogP contribution in [-0.4, -0.2) is 25.2 Å². The standard InChI is InChI=1S/C14H28N2/c1-2-3-10-15-11-13-9-8-12-6-4-5-7-14(12)16-13/h12-16H,2-11H2,1H3. The van der Waals surface area contributed by atoms with Crippen LogP contribution < -0.4 is 10.6 Å². The summed E-state index contributed by atoms with van der Waals surface area (Å²) in [5.74, 6) is 1.00. The van der Waals surface area contributed by atoms with Gasteiger partial charge in [-0.05, 0) is 44.6 Å². The highest BCUT2D eigenvalue weighted by molar-refractivity contribution is 4.89. The van der Waals surface area contributed by atoms with E-state index in [1.807, 2.05) is 0 Å². The Labute approximate surface area is 101 Å². The number of piperidine rings is 1. The minimum absolute atomic E-state index is 0.746. The van der Waals surface area contributed by atoms with Crippen LogP contribution in [0.1, 0.15) is 58.3 Å². The SMILES string of the molecule is CCCCNCC1CCC2CCCCC2N1. The molecule has 0 spiro atoms. The molecule has 0 aromatic heterocycles. The summed E-state index contributed by atoms with van der Waals surface area (Å²) in [4.78, 5) is 0. The molecule has 0 aromatic rings. The number of hydrogen-bond donors (Lipinski definition) is 2. The van der Waals surface area contributed by atoms with Gasteiger partial charge in [-0.2, -0.15) is 0 Å². The smallest absolute Gasteiger partial charge is 0.0195 e. The fraction of sp³-hybridized carbons (Fsp3) is 1.00. The predicted molar refractivity (Wildman–Crippen MR) is 69.7 cm³/mol. The van der Waals surface area contributed by atoms with Gasteiger partial charge in [-0.25, -0.2) is 0 Å². The summed E-state index contributed by atoms with van der Waals surface area (Å²) in [6.07, 6.45) is 11.3. The van der Waals surface area contributed by atoms with E-state index in [2.05, 4.69) is 17.6 Å². The molecular formula is C14H28N2. The highest BCUT2D eigenvalue weighted by Gasteiger charge is 2.31. The van der Waals surface area contributed by atoms with E-state index in [1.54, 1.807) is 0 Å². The van der Waals surface area contributed by atoms with Crippen molar-refractivity contribution < 1.29 is 0 Å². The van der Waals surface area contributed by atoms with E-state index < -0.39 is 0 Å². The Bertz CT molecular complexity index is 193. The molecule has 1 saturated carbocycles. The molecule has 2 aliphatic rings. The normalized spacial score (nSPS) is 34.7. The molecule has 3 atom stereocenters. The third-order valence-electron chi connectivity index (χ3n) is 4.34. The fourth-order valence-electron chi connectivity index (χ4n) is 3.31. The molecular weight excluding hydrogens is 196 g/mol. The zero-order valence-electron chi connectivity index (χ0n) is 10.8. The van der Waals surface area contributed by atoms with Crippen LogP contribution in [0.25, 0.3) is 0 Å². The van der Waals surface area contributed by atoms with E-state index in [4.69, 9.17) is 0 Å². The Hall–Kier alpha value is -0.0800. The van der Waals surface area contributed by atoms with Crippen molar-refractivity contribution in [2.24, 2.45) is 5.92 Å². The maximum absolute atomic E-state index is 3.87. The van der Waals surface area contributed by atoms with Crippen molar-refractivity contribution in [2.75, 3.05) is 13.1 Å². The molecule has 1 heterocycles. The summed E-state index contributed by atoms with van der Waals surface area (Å²) in [7, 11) is 0. The molecule has 0 aromatic carbocycles. The molecule has 2 rings (SSSR count). The van der Waals surface area contributed by atoms with Gasteiger partial charge in [0.1, 0.15) is 0 Å². The van der Waals surface area contributed by atoms with Crippen LogP contribution in [0, 0.1) is 5.92 Å². The Kier molecular flexibility index (Phi) is 5.11. The highest BCUT2D eigenvalue weighted by atomic mass is 15.0. The van der Waals surface area contributed by atoms with Crippen LogP contribution in [0.15, 0.2) is 0 Å². The molecule has 1 saturated heterocycles. The number of nitrogens with one attached hydrogen (secondary N) is 2. The lowest BCUT2D eigenvalue weighted by Crippen LogP contribution is -2.52. The van der Waals surface area contributed by atoms with E-state index in [0.29, 0.717) is 0 Å². The van der Waals surface area contributed by atoms with Crippen LogP contribution in [-0.2, 0) is 0 Å². The minimum atomic E-state index is 0.746. The molecule has 94 valence electrons.